The van der Waals surface area contributed by atoms with Crippen molar-refractivity contribution < 1.29 is 16.8 Å². The first-order chi connectivity index (χ1) is 12.6. The number of benzene rings is 2. The maximum Gasteiger partial charge on any atom is 0.241 e. The van der Waals surface area contributed by atoms with Crippen molar-refractivity contribution in [2.45, 2.75) is 62.8 Å². The van der Waals surface area contributed by atoms with Crippen LogP contribution in [0.5, 0.6) is 0 Å². The van der Waals surface area contributed by atoms with Crippen LogP contribution >= 0.6 is 0 Å². The van der Waals surface area contributed by atoms with Crippen LogP contribution < -0.4 is 9.86 Å². The van der Waals surface area contributed by atoms with Gasteiger partial charge in [0.15, 0.2) is 0 Å². The van der Waals surface area contributed by atoms with Crippen molar-refractivity contribution in [2.24, 2.45) is 5.14 Å². The Balaban J connectivity index is 2.42. The molecule has 0 amide bonds. The van der Waals surface area contributed by atoms with E-state index >= 15 is 0 Å². The molecule has 0 spiro atoms. The second-order valence-electron chi connectivity index (χ2n) is 8.15. The predicted octanol–water partition coefficient (Wildman–Crippen LogP) is 3.29. The van der Waals surface area contributed by atoms with Gasteiger partial charge in [-0.2, -0.15) is 0 Å². The van der Waals surface area contributed by atoms with E-state index in [9.17, 15) is 16.8 Å². The highest BCUT2D eigenvalue weighted by atomic mass is 32.2. The van der Waals surface area contributed by atoms with Crippen LogP contribution in [-0.4, -0.2) is 16.8 Å². The molecule has 0 saturated heterocycles. The molecule has 0 aliphatic rings. The zero-order chi connectivity index (χ0) is 21.5. The summed E-state index contributed by atoms with van der Waals surface area (Å²) in [4.78, 5) is 0.188. The molecule has 0 bridgehead atoms. The highest BCUT2D eigenvalue weighted by Crippen LogP contribution is 2.30. The van der Waals surface area contributed by atoms with Crippen molar-refractivity contribution in [2.75, 3.05) is 0 Å². The smallest absolute Gasteiger partial charge is 0.225 e. The van der Waals surface area contributed by atoms with E-state index < -0.39 is 26.1 Å². The van der Waals surface area contributed by atoms with Crippen LogP contribution in [0.25, 0.3) is 0 Å². The minimum Gasteiger partial charge on any atom is -0.225 e. The molecule has 154 valence electrons. The van der Waals surface area contributed by atoms with E-state index in [1.807, 2.05) is 12.1 Å². The number of primary sulfonamides is 1. The van der Waals surface area contributed by atoms with E-state index in [1.54, 1.807) is 26.8 Å². The van der Waals surface area contributed by atoms with Gasteiger partial charge >= 0.3 is 0 Å². The van der Waals surface area contributed by atoms with Gasteiger partial charge in [0.1, 0.15) is 0 Å². The van der Waals surface area contributed by atoms with Crippen molar-refractivity contribution in [3.63, 3.8) is 0 Å². The van der Waals surface area contributed by atoms with Gasteiger partial charge in [-0.15, -0.1) is 0 Å². The number of rotatable bonds is 5. The van der Waals surface area contributed by atoms with Crippen LogP contribution in [0.3, 0.4) is 0 Å². The molecule has 1 unspecified atom stereocenters. The molecule has 0 heterocycles. The Hall–Kier alpha value is -1.74. The normalized spacial score (nSPS) is 14.1. The van der Waals surface area contributed by atoms with Crippen molar-refractivity contribution >= 4 is 20.0 Å². The Bertz CT molecular complexity index is 1080. The lowest BCUT2D eigenvalue weighted by Gasteiger charge is -2.23. The van der Waals surface area contributed by atoms with Crippen LogP contribution in [0.15, 0.2) is 46.2 Å². The van der Waals surface area contributed by atoms with Crippen molar-refractivity contribution in [3.05, 3.63) is 58.7 Å². The van der Waals surface area contributed by atoms with Crippen molar-refractivity contribution in [1.29, 1.82) is 0 Å². The van der Waals surface area contributed by atoms with Gasteiger partial charge in [0.25, 0.3) is 0 Å². The molecule has 2 aromatic carbocycles. The summed E-state index contributed by atoms with van der Waals surface area (Å²) in [6, 6.07) is 9.11. The predicted molar refractivity (Wildman–Crippen MR) is 111 cm³/mol. The van der Waals surface area contributed by atoms with Gasteiger partial charge in [-0.1, -0.05) is 45.0 Å². The van der Waals surface area contributed by atoms with Crippen molar-refractivity contribution in [3.8, 4) is 0 Å². The zero-order valence-corrected chi connectivity index (χ0v) is 18.7. The summed E-state index contributed by atoms with van der Waals surface area (Å²) in [7, 11) is -7.67. The Morgan fingerprint density at radius 3 is 1.96 bits per heavy atom. The molecule has 0 aliphatic heterocycles. The monoisotopic (exact) mass is 424 g/mol. The number of hydrogen-bond acceptors (Lipinski definition) is 4. The molecule has 0 aromatic heterocycles. The van der Waals surface area contributed by atoms with E-state index in [-0.39, 0.29) is 15.2 Å². The highest BCUT2D eigenvalue weighted by Gasteiger charge is 2.25. The third-order valence-corrected chi connectivity index (χ3v) is 7.37. The van der Waals surface area contributed by atoms with E-state index in [1.165, 1.54) is 18.2 Å². The molecule has 0 saturated carbocycles. The fourth-order valence-corrected chi connectivity index (χ4v) is 5.38. The second-order valence-corrected chi connectivity index (χ2v) is 11.4. The summed E-state index contributed by atoms with van der Waals surface area (Å²) in [5, 5.41) is 5.17. The lowest BCUT2D eigenvalue weighted by molar-refractivity contribution is 0.563. The molecule has 0 aliphatic carbocycles. The minimum atomic E-state index is -3.86. The first-order valence-electron chi connectivity index (χ1n) is 8.90. The lowest BCUT2D eigenvalue weighted by Crippen LogP contribution is -2.28. The Morgan fingerprint density at radius 2 is 1.50 bits per heavy atom. The van der Waals surface area contributed by atoms with Gasteiger partial charge in [-0.25, -0.2) is 26.7 Å². The summed E-state index contributed by atoms with van der Waals surface area (Å²) >= 11 is 0. The Labute approximate surface area is 168 Å². The number of sulfonamides is 2. The Kier molecular flexibility index (Phi) is 6.11. The molecule has 0 radical (unpaired) electrons. The second kappa shape index (κ2) is 7.59. The van der Waals surface area contributed by atoms with E-state index in [4.69, 9.17) is 5.14 Å². The average Bonchev–Trinajstić information content (AvgIpc) is 2.51. The molecule has 3 N–H and O–H groups in total. The topological polar surface area (TPSA) is 106 Å². The maximum atomic E-state index is 13.0. The Morgan fingerprint density at radius 1 is 0.964 bits per heavy atom. The molecular formula is C20H28N2O4S2. The number of nitrogens with one attached hydrogen (secondary N) is 1. The fraction of sp³-hybridized carbons (Fsp3) is 0.400. The summed E-state index contributed by atoms with van der Waals surface area (Å²) in [6.45, 7) is 11.5. The number of hydrogen-bond donors (Lipinski definition) is 2. The van der Waals surface area contributed by atoms with Gasteiger partial charge in [-0.05, 0) is 60.6 Å². The van der Waals surface area contributed by atoms with Gasteiger partial charge in [0.2, 0.25) is 20.0 Å². The summed E-state index contributed by atoms with van der Waals surface area (Å²) in [5.41, 5.74) is 2.82. The quantitative estimate of drug-likeness (QED) is 0.768. The van der Waals surface area contributed by atoms with Gasteiger partial charge in [0.05, 0.1) is 9.79 Å². The molecule has 2 rings (SSSR count). The minimum absolute atomic E-state index is 0.0575. The largest absolute Gasteiger partial charge is 0.241 e. The van der Waals surface area contributed by atoms with Crippen LogP contribution in [-0.2, 0) is 25.5 Å². The van der Waals surface area contributed by atoms with Crippen molar-refractivity contribution in [1.82, 2.24) is 4.72 Å². The van der Waals surface area contributed by atoms with Gasteiger partial charge in [-0.3, -0.25) is 0 Å². The van der Waals surface area contributed by atoms with Crippen LogP contribution in [0, 0.1) is 13.8 Å². The summed E-state index contributed by atoms with van der Waals surface area (Å²) in [6.07, 6.45) is 0. The first-order valence-corrected chi connectivity index (χ1v) is 11.9. The van der Waals surface area contributed by atoms with Gasteiger partial charge < -0.3 is 0 Å². The molecule has 28 heavy (non-hydrogen) atoms. The summed E-state index contributed by atoms with van der Waals surface area (Å²) < 4.78 is 51.8. The number of aryl methyl sites for hydroxylation is 2. The molecule has 0 fully saturated rings. The molecule has 6 nitrogen and oxygen atoms in total. The fourth-order valence-electron chi connectivity index (χ4n) is 3.13. The van der Waals surface area contributed by atoms with E-state index in [0.717, 1.165) is 5.56 Å². The highest BCUT2D eigenvalue weighted by molar-refractivity contribution is 7.89. The molecule has 8 heteroatoms. The van der Waals surface area contributed by atoms with Crippen LogP contribution in [0.4, 0.5) is 0 Å². The molecule has 2 aromatic rings. The first kappa shape index (κ1) is 22.5. The standard InChI is InChI=1S/C20H28N2O4S2/c1-13-10-17(20(4,5)6)11-14(2)19(13)28(25,26)22-15(3)16-8-7-9-18(12-16)27(21,23)24/h7-12,15,22H,1-6H3,(H2,21,23,24). The van der Waals surface area contributed by atoms with Crippen LogP contribution in [0.1, 0.15) is 56.0 Å². The zero-order valence-electron chi connectivity index (χ0n) is 17.1. The summed E-state index contributed by atoms with van der Waals surface area (Å²) in [5.74, 6) is 0. The average molecular weight is 425 g/mol. The van der Waals surface area contributed by atoms with E-state index in [0.29, 0.717) is 16.7 Å². The third-order valence-electron chi connectivity index (χ3n) is 4.61. The molecule has 1 atom stereocenters. The van der Waals surface area contributed by atoms with Crippen LogP contribution in [0.2, 0.25) is 0 Å². The van der Waals surface area contributed by atoms with Gasteiger partial charge in [0, 0.05) is 6.04 Å². The third kappa shape index (κ3) is 5.00. The SMILES string of the molecule is Cc1cc(C(C)(C)C)cc(C)c1S(=O)(=O)NC(C)c1cccc(S(N)(=O)=O)c1. The number of nitrogens with two attached hydrogens (primary N) is 1. The maximum absolute atomic E-state index is 13.0. The molecular weight excluding hydrogens is 396 g/mol. The lowest BCUT2D eigenvalue weighted by atomic mass is 9.85. The van der Waals surface area contributed by atoms with E-state index in [2.05, 4.69) is 25.5 Å².